The molecule has 1 aromatic heterocycles. The summed E-state index contributed by atoms with van der Waals surface area (Å²) in [6.07, 6.45) is 8.48. The molecule has 154 valence electrons. The molecule has 0 aliphatic rings. The maximum atomic E-state index is 13.2. The van der Waals surface area contributed by atoms with Gasteiger partial charge in [-0.15, -0.1) is 0 Å². The van der Waals surface area contributed by atoms with Crippen LogP contribution in [0.2, 0.25) is 5.02 Å². The van der Waals surface area contributed by atoms with E-state index in [1.807, 2.05) is 6.92 Å². The number of hydrogen-bond donors (Lipinski definition) is 1. The minimum absolute atomic E-state index is 0.183. The van der Waals surface area contributed by atoms with Gasteiger partial charge < -0.3 is 14.6 Å². The van der Waals surface area contributed by atoms with Crippen LogP contribution in [0.25, 0.3) is 0 Å². The summed E-state index contributed by atoms with van der Waals surface area (Å²) in [5.41, 5.74) is -1.31. The lowest BCUT2D eigenvalue weighted by Gasteiger charge is -2.33. The first-order chi connectivity index (χ1) is 13.7. The molecule has 0 bridgehead atoms. The summed E-state index contributed by atoms with van der Waals surface area (Å²) >= 11 is 5.86. The van der Waals surface area contributed by atoms with Gasteiger partial charge >= 0.3 is 11.9 Å². The number of ether oxygens (including phenoxy) is 2. The molecule has 1 aromatic carbocycles. The molecule has 8 nitrogen and oxygen atoms in total. The lowest BCUT2D eigenvalue weighted by Crippen LogP contribution is -2.54. The largest absolute Gasteiger partial charge is 0.461 e. The van der Waals surface area contributed by atoms with Gasteiger partial charge in [0.2, 0.25) is 5.78 Å². The number of aromatic nitrogens is 3. The van der Waals surface area contributed by atoms with Crippen molar-refractivity contribution in [3.63, 3.8) is 0 Å². The summed E-state index contributed by atoms with van der Waals surface area (Å²) in [6, 6.07) is 6.09. The van der Waals surface area contributed by atoms with E-state index in [0.29, 0.717) is 5.02 Å². The zero-order valence-corrected chi connectivity index (χ0v) is 17.0. The second kappa shape index (κ2) is 9.49. The molecule has 1 atom stereocenters. The lowest BCUT2D eigenvalue weighted by atomic mass is 9.86. The van der Waals surface area contributed by atoms with E-state index >= 15 is 0 Å². The molecule has 0 aliphatic carbocycles. The third-order valence-corrected chi connectivity index (χ3v) is 4.08. The van der Waals surface area contributed by atoms with Gasteiger partial charge in [-0.25, -0.2) is 9.78 Å². The predicted octanol–water partition coefficient (Wildman–Crippen LogP) is 2.88. The van der Waals surface area contributed by atoms with Crippen LogP contribution in [-0.4, -0.2) is 38.2 Å². The first kappa shape index (κ1) is 22.3. The van der Waals surface area contributed by atoms with Crippen molar-refractivity contribution in [1.82, 2.24) is 14.8 Å². The Kier molecular flexibility index (Phi) is 7.30. The SMILES string of the molecule is CC=CC=CC(=O)OCC(C)(C)C(=O)C(O)(Oc1ccc(Cl)cc1)n1cncn1. The fourth-order valence-electron chi connectivity index (χ4n) is 2.28. The van der Waals surface area contributed by atoms with Gasteiger partial charge in [0.15, 0.2) is 0 Å². The van der Waals surface area contributed by atoms with E-state index in [9.17, 15) is 14.7 Å². The van der Waals surface area contributed by atoms with Crippen molar-refractivity contribution in [2.75, 3.05) is 6.61 Å². The Morgan fingerprint density at radius 3 is 2.52 bits per heavy atom. The van der Waals surface area contributed by atoms with Gasteiger partial charge in [-0.05, 0) is 45.0 Å². The summed E-state index contributed by atoms with van der Waals surface area (Å²) in [4.78, 5) is 28.8. The Balaban J connectivity index is 2.24. The van der Waals surface area contributed by atoms with Gasteiger partial charge in [0.1, 0.15) is 25.0 Å². The number of allylic oxidation sites excluding steroid dienone is 3. The summed E-state index contributed by atoms with van der Waals surface area (Å²) in [6.45, 7) is 4.56. The van der Waals surface area contributed by atoms with Crippen LogP contribution in [0.15, 0.2) is 61.2 Å². The lowest BCUT2D eigenvalue weighted by molar-refractivity contribution is -0.222. The van der Waals surface area contributed by atoms with E-state index in [0.717, 1.165) is 17.3 Å². The first-order valence-electron chi connectivity index (χ1n) is 8.72. The fraction of sp³-hybridized carbons (Fsp3) is 0.300. The van der Waals surface area contributed by atoms with Crippen LogP contribution in [0.3, 0.4) is 0 Å². The standard InChI is InChI=1S/C20H22ClN3O5/c1-4-5-6-7-17(25)28-12-19(2,3)18(26)20(27,24-14-22-13-23-24)29-16-10-8-15(21)9-11-16/h4-11,13-14,27H,12H2,1-3H3. The maximum absolute atomic E-state index is 13.2. The molecular formula is C20H22ClN3O5. The van der Waals surface area contributed by atoms with Crippen molar-refractivity contribution in [2.45, 2.75) is 26.7 Å². The molecule has 0 saturated carbocycles. The van der Waals surface area contributed by atoms with Crippen LogP contribution < -0.4 is 4.74 Å². The number of Topliss-reactive ketones (excluding diaryl/α,β-unsaturated/α-hetero) is 1. The van der Waals surface area contributed by atoms with Gasteiger partial charge in [-0.3, -0.25) is 4.79 Å². The number of nitrogens with zero attached hydrogens (tertiary/aromatic N) is 3. The van der Waals surface area contributed by atoms with Crippen LogP contribution in [0.5, 0.6) is 5.75 Å². The summed E-state index contributed by atoms with van der Waals surface area (Å²) in [7, 11) is 0. The molecule has 0 saturated heterocycles. The third kappa shape index (κ3) is 5.75. The number of esters is 1. The van der Waals surface area contributed by atoms with Crippen LogP contribution >= 0.6 is 11.6 Å². The molecule has 0 radical (unpaired) electrons. The highest BCUT2D eigenvalue weighted by atomic mass is 35.5. The van der Waals surface area contributed by atoms with Crippen LogP contribution in [0, 0.1) is 5.41 Å². The maximum Gasteiger partial charge on any atom is 0.376 e. The molecule has 0 amide bonds. The van der Waals surface area contributed by atoms with Crippen molar-refractivity contribution in [2.24, 2.45) is 5.41 Å². The Labute approximate surface area is 173 Å². The molecule has 1 heterocycles. The molecule has 9 heteroatoms. The number of ketones is 1. The monoisotopic (exact) mass is 419 g/mol. The molecule has 1 N–H and O–H groups in total. The number of benzene rings is 1. The Bertz CT molecular complexity index is 891. The number of halogens is 1. The molecule has 1 unspecified atom stereocenters. The van der Waals surface area contributed by atoms with Gasteiger partial charge in [0.05, 0.1) is 5.41 Å². The third-order valence-electron chi connectivity index (χ3n) is 3.82. The van der Waals surface area contributed by atoms with Gasteiger partial charge in [0, 0.05) is 11.1 Å². The zero-order chi connectivity index (χ0) is 21.5. The highest BCUT2D eigenvalue weighted by molar-refractivity contribution is 6.30. The van der Waals surface area contributed by atoms with E-state index in [2.05, 4.69) is 10.1 Å². The summed E-state index contributed by atoms with van der Waals surface area (Å²) < 4.78 is 11.6. The van der Waals surface area contributed by atoms with Crippen molar-refractivity contribution < 1.29 is 24.2 Å². The molecule has 29 heavy (non-hydrogen) atoms. The van der Waals surface area contributed by atoms with E-state index < -0.39 is 23.1 Å². The molecule has 0 aliphatic heterocycles. The van der Waals surface area contributed by atoms with Crippen LogP contribution in [0.1, 0.15) is 20.8 Å². The smallest absolute Gasteiger partial charge is 0.376 e. The fourth-order valence-corrected chi connectivity index (χ4v) is 2.41. The molecule has 0 spiro atoms. The van der Waals surface area contributed by atoms with E-state index in [1.54, 1.807) is 24.3 Å². The number of hydrogen-bond acceptors (Lipinski definition) is 7. The highest BCUT2D eigenvalue weighted by Crippen LogP contribution is 2.30. The Morgan fingerprint density at radius 2 is 1.93 bits per heavy atom. The molecular weight excluding hydrogens is 398 g/mol. The first-order valence-corrected chi connectivity index (χ1v) is 9.10. The second-order valence-electron chi connectivity index (χ2n) is 6.71. The van der Waals surface area contributed by atoms with Crippen LogP contribution in [-0.2, 0) is 20.2 Å². The number of rotatable bonds is 9. The van der Waals surface area contributed by atoms with Gasteiger partial charge in [-0.1, -0.05) is 29.8 Å². The Morgan fingerprint density at radius 1 is 1.24 bits per heavy atom. The minimum atomic E-state index is -2.51. The quantitative estimate of drug-likeness (QED) is 0.288. The average Bonchev–Trinajstić information content (AvgIpc) is 3.23. The number of carbonyl (C=O) groups is 2. The van der Waals surface area contributed by atoms with Crippen molar-refractivity contribution in [3.8, 4) is 5.75 Å². The molecule has 2 aromatic rings. The summed E-state index contributed by atoms with van der Waals surface area (Å²) in [5.74, 6) is -3.73. The Hall–Kier alpha value is -2.97. The highest BCUT2D eigenvalue weighted by Gasteiger charge is 2.50. The van der Waals surface area contributed by atoms with Crippen molar-refractivity contribution in [1.29, 1.82) is 0 Å². The van der Waals surface area contributed by atoms with E-state index in [-0.39, 0.29) is 12.4 Å². The minimum Gasteiger partial charge on any atom is -0.461 e. The average molecular weight is 420 g/mol. The topological polar surface area (TPSA) is 104 Å². The normalized spacial score (nSPS) is 14.1. The number of aliphatic hydroxyl groups is 1. The van der Waals surface area contributed by atoms with E-state index in [4.69, 9.17) is 21.1 Å². The van der Waals surface area contributed by atoms with Gasteiger partial charge in [0.25, 0.3) is 0 Å². The van der Waals surface area contributed by atoms with Crippen molar-refractivity contribution in [3.05, 3.63) is 66.2 Å². The zero-order valence-electron chi connectivity index (χ0n) is 16.3. The predicted molar refractivity (Wildman–Crippen MR) is 106 cm³/mol. The van der Waals surface area contributed by atoms with Gasteiger partial charge in [-0.2, -0.15) is 9.78 Å². The van der Waals surface area contributed by atoms with Crippen molar-refractivity contribution >= 4 is 23.4 Å². The van der Waals surface area contributed by atoms with E-state index in [1.165, 1.54) is 38.1 Å². The second-order valence-corrected chi connectivity index (χ2v) is 7.15. The summed E-state index contributed by atoms with van der Waals surface area (Å²) in [5, 5.41) is 15.4. The molecule has 0 fully saturated rings. The number of carbonyl (C=O) groups excluding carboxylic acids is 2. The van der Waals surface area contributed by atoms with Crippen LogP contribution in [0.4, 0.5) is 0 Å². The molecule has 2 rings (SSSR count).